The molecule has 112 valence electrons. The number of carbonyl (C=O) groups is 2. The molecule has 1 N–H and O–H groups in total. The summed E-state index contributed by atoms with van der Waals surface area (Å²) in [5.74, 6) is -0.839. The summed E-state index contributed by atoms with van der Waals surface area (Å²) in [7, 11) is 0. The molecule has 0 aromatic carbocycles. The van der Waals surface area contributed by atoms with Crippen LogP contribution in [-0.2, 0) is 4.79 Å². The standard InChI is InChI=1S/C13H22N4O3/c1-2-16(7-3-5-14)13(20)17-8-4-6-15(9-10-17)11-12(18)19/h2-4,6-11H2,1H3,(H,18,19). The number of amides is 2. The van der Waals surface area contributed by atoms with Crippen molar-refractivity contribution in [3.8, 4) is 6.07 Å². The topological polar surface area (TPSA) is 87.9 Å². The Morgan fingerprint density at radius 1 is 1.30 bits per heavy atom. The minimum absolute atomic E-state index is 0.0218. The fourth-order valence-electron chi connectivity index (χ4n) is 2.29. The maximum atomic E-state index is 12.3. The lowest BCUT2D eigenvalue weighted by atomic mass is 10.3. The summed E-state index contributed by atoms with van der Waals surface area (Å²) < 4.78 is 0. The fraction of sp³-hybridized carbons (Fsp3) is 0.769. The summed E-state index contributed by atoms with van der Waals surface area (Å²) in [6, 6.07) is 1.99. The minimum Gasteiger partial charge on any atom is -0.480 e. The third kappa shape index (κ3) is 5.05. The van der Waals surface area contributed by atoms with Crippen LogP contribution in [0.1, 0.15) is 19.8 Å². The van der Waals surface area contributed by atoms with Gasteiger partial charge < -0.3 is 14.9 Å². The molecular weight excluding hydrogens is 260 g/mol. The van der Waals surface area contributed by atoms with Gasteiger partial charge in [0.05, 0.1) is 19.0 Å². The molecule has 1 aliphatic rings. The Morgan fingerprint density at radius 3 is 2.65 bits per heavy atom. The fourth-order valence-corrected chi connectivity index (χ4v) is 2.29. The summed E-state index contributed by atoms with van der Waals surface area (Å²) in [5.41, 5.74) is 0. The summed E-state index contributed by atoms with van der Waals surface area (Å²) in [4.78, 5) is 28.3. The lowest BCUT2D eigenvalue weighted by Crippen LogP contribution is -2.45. The number of hydrogen-bond donors (Lipinski definition) is 1. The Hall–Kier alpha value is -1.81. The number of carboxylic acids is 1. The van der Waals surface area contributed by atoms with E-state index in [1.54, 1.807) is 9.80 Å². The van der Waals surface area contributed by atoms with Crippen molar-refractivity contribution in [2.24, 2.45) is 0 Å². The number of aliphatic carboxylic acids is 1. The van der Waals surface area contributed by atoms with Gasteiger partial charge in [0.2, 0.25) is 0 Å². The second kappa shape index (κ2) is 8.38. The maximum Gasteiger partial charge on any atom is 0.320 e. The van der Waals surface area contributed by atoms with Crippen LogP contribution in [-0.4, -0.2) is 77.6 Å². The molecule has 7 heteroatoms. The van der Waals surface area contributed by atoms with Gasteiger partial charge in [-0.05, 0) is 13.3 Å². The van der Waals surface area contributed by atoms with Crippen LogP contribution in [0.4, 0.5) is 4.79 Å². The normalized spacial score (nSPS) is 16.3. The molecule has 2 amide bonds. The highest BCUT2D eigenvalue weighted by molar-refractivity contribution is 5.74. The first-order valence-corrected chi connectivity index (χ1v) is 6.93. The summed E-state index contributed by atoms with van der Waals surface area (Å²) in [5, 5.41) is 17.4. The highest BCUT2D eigenvalue weighted by atomic mass is 16.4. The number of carbonyl (C=O) groups excluding carboxylic acids is 1. The number of carboxylic acid groups (broad SMARTS) is 1. The molecule has 0 aromatic rings. The zero-order valence-electron chi connectivity index (χ0n) is 11.9. The van der Waals surface area contributed by atoms with Crippen LogP contribution >= 0.6 is 0 Å². The number of urea groups is 1. The SMILES string of the molecule is CCN(CCC#N)C(=O)N1CCCN(CC(=O)O)CC1. The van der Waals surface area contributed by atoms with Gasteiger partial charge in [-0.25, -0.2) is 4.79 Å². The molecule has 0 unspecified atom stereocenters. The van der Waals surface area contributed by atoms with Gasteiger partial charge in [0.25, 0.3) is 0 Å². The largest absolute Gasteiger partial charge is 0.480 e. The number of hydrogen-bond acceptors (Lipinski definition) is 4. The molecule has 1 saturated heterocycles. The van der Waals surface area contributed by atoms with E-state index in [0.29, 0.717) is 45.7 Å². The van der Waals surface area contributed by atoms with Crippen molar-refractivity contribution < 1.29 is 14.7 Å². The predicted molar refractivity (Wildman–Crippen MR) is 73.1 cm³/mol. The Balaban J connectivity index is 2.52. The third-order valence-electron chi connectivity index (χ3n) is 3.36. The van der Waals surface area contributed by atoms with Crippen LogP contribution in [0.25, 0.3) is 0 Å². The van der Waals surface area contributed by atoms with Gasteiger partial charge in [0.1, 0.15) is 0 Å². The van der Waals surface area contributed by atoms with E-state index in [1.807, 2.05) is 17.9 Å². The van der Waals surface area contributed by atoms with Crippen LogP contribution in [0.3, 0.4) is 0 Å². The van der Waals surface area contributed by atoms with Crippen molar-refractivity contribution in [2.75, 3.05) is 45.8 Å². The zero-order chi connectivity index (χ0) is 15.0. The van der Waals surface area contributed by atoms with Crippen LogP contribution in [0, 0.1) is 11.3 Å². The van der Waals surface area contributed by atoms with Crippen molar-refractivity contribution in [2.45, 2.75) is 19.8 Å². The maximum absolute atomic E-state index is 12.3. The van der Waals surface area contributed by atoms with Crippen molar-refractivity contribution in [3.63, 3.8) is 0 Å². The summed E-state index contributed by atoms with van der Waals surface area (Å²) in [6.45, 7) is 5.39. The second-order valence-corrected chi connectivity index (χ2v) is 4.78. The number of nitrogens with zero attached hydrogens (tertiary/aromatic N) is 4. The molecule has 1 heterocycles. The minimum atomic E-state index is -0.839. The Labute approximate surface area is 119 Å². The van der Waals surface area contributed by atoms with Gasteiger partial charge in [-0.3, -0.25) is 9.69 Å². The monoisotopic (exact) mass is 282 g/mol. The predicted octanol–water partition coefficient (Wildman–Crippen LogP) is 0.434. The average molecular weight is 282 g/mol. The van der Waals surface area contributed by atoms with Gasteiger partial charge in [-0.1, -0.05) is 0 Å². The molecule has 0 atom stereocenters. The molecule has 20 heavy (non-hydrogen) atoms. The molecule has 0 aliphatic carbocycles. The molecule has 0 bridgehead atoms. The second-order valence-electron chi connectivity index (χ2n) is 4.78. The highest BCUT2D eigenvalue weighted by Gasteiger charge is 2.23. The molecule has 1 aliphatic heterocycles. The molecule has 0 spiro atoms. The van der Waals surface area contributed by atoms with Gasteiger partial charge in [-0.15, -0.1) is 0 Å². The van der Waals surface area contributed by atoms with Crippen molar-refractivity contribution >= 4 is 12.0 Å². The van der Waals surface area contributed by atoms with Crippen molar-refractivity contribution in [1.29, 1.82) is 5.26 Å². The number of rotatable bonds is 5. The van der Waals surface area contributed by atoms with E-state index >= 15 is 0 Å². The molecule has 0 aromatic heterocycles. The third-order valence-corrected chi connectivity index (χ3v) is 3.36. The van der Waals surface area contributed by atoms with E-state index in [2.05, 4.69) is 0 Å². The van der Waals surface area contributed by atoms with Crippen LogP contribution < -0.4 is 0 Å². The van der Waals surface area contributed by atoms with E-state index in [0.717, 1.165) is 6.42 Å². The molecule has 1 fully saturated rings. The van der Waals surface area contributed by atoms with Crippen LogP contribution in [0.5, 0.6) is 0 Å². The quantitative estimate of drug-likeness (QED) is 0.790. The Bertz CT molecular complexity index is 380. The molecular formula is C13H22N4O3. The molecule has 7 nitrogen and oxygen atoms in total. The van der Waals surface area contributed by atoms with Gasteiger partial charge >= 0.3 is 12.0 Å². The van der Waals surface area contributed by atoms with E-state index in [-0.39, 0.29) is 12.6 Å². The molecule has 1 rings (SSSR count). The first kappa shape index (κ1) is 16.2. The highest BCUT2D eigenvalue weighted by Crippen LogP contribution is 2.07. The summed E-state index contributed by atoms with van der Waals surface area (Å²) in [6.07, 6.45) is 1.10. The van der Waals surface area contributed by atoms with Crippen molar-refractivity contribution in [3.05, 3.63) is 0 Å². The van der Waals surface area contributed by atoms with Crippen molar-refractivity contribution in [1.82, 2.24) is 14.7 Å². The first-order valence-electron chi connectivity index (χ1n) is 6.93. The van der Waals surface area contributed by atoms with Gasteiger partial charge in [0.15, 0.2) is 0 Å². The van der Waals surface area contributed by atoms with E-state index in [1.165, 1.54) is 0 Å². The van der Waals surface area contributed by atoms with E-state index < -0.39 is 5.97 Å². The van der Waals surface area contributed by atoms with Crippen LogP contribution in [0.2, 0.25) is 0 Å². The van der Waals surface area contributed by atoms with Gasteiger partial charge in [0, 0.05) is 39.3 Å². The lowest BCUT2D eigenvalue weighted by molar-refractivity contribution is -0.138. The number of nitriles is 1. The summed E-state index contributed by atoms with van der Waals surface area (Å²) >= 11 is 0. The smallest absolute Gasteiger partial charge is 0.320 e. The molecule has 0 radical (unpaired) electrons. The lowest BCUT2D eigenvalue weighted by Gasteiger charge is -2.28. The zero-order valence-corrected chi connectivity index (χ0v) is 11.9. The Kier molecular flexibility index (Phi) is 6.81. The first-order chi connectivity index (χ1) is 9.58. The van der Waals surface area contributed by atoms with Gasteiger partial charge in [-0.2, -0.15) is 5.26 Å². The molecule has 0 saturated carbocycles. The average Bonchev–Trinajstić information content (AvgIpc) is 2.64. The van der Waals surface area contributed by atoms with Crippen LogP contribution in [0.15, 0.2) is 0 Å². The Morgan fingerprint density at radius 2 is 2.05 bits per heavy atom. The van der Waals surface area contributed by atoms with E-state index in [9.17, 15) is 9.59 Å². The van der Waals surface area contributed by atoms with E-state index in [4.69, 9.17) is 10.4 Å².